The fourth-order valence-corrected chi connectivity index (χ4v) is 1.90. The van der Waals surface area contributed by atoms with Gasteiger partial charge in [-0.15, -0.1) is 0 Å². The molecule has 0 bridgehead atoms. The average molecular weight is 235 g/mol. The molecule has 1 atom stereocenters. The van der Waals surface area contributed by atoms with Gasteiger partial charge in [0.05, 0.1) is 0 Å². The molecule has 3 heteroatoms. The molecule has 0 aliphatic carbocycles. The molecule has 0 saturated carbocycles. The van der Waals surface area contributed by atoms with Crippen LogP contribution in [-0.4, -0.2) is 36.6 Å². The summed E-state index contributed by atoms with van der Waals surface area (Å²) >= 11 is 0. The number of aromatic nitrogens is 1. The lowest BCUT2D eigenvalue weighted by Crippen LogP contribution is -2.38. The van der Waals surface area contributed by atoms with Crippen molar-refractivity contribution in [3.05, 3.63) is 30.1 Å². The number of rotatable bonds is 7. The van der Waals surface area contributed by atoms with E-state index in [4.69, 9.17) is 0 Å². The molecule has 0 saturated heterocycles. The molecule has 0 aliphatic heterocycles. The van der Waals surface area contributed by atoms with Gasteiger partial charge >= 0.3 is 0 Å². The molecule has 0 aliphatic rings. The summed E-state index contributed by atoms with van der Waals surface area (Å²) in [4.78, 5) is 6.33. The second kappa shape index (κ2) is 7.41. The van der Waals surface area contributed by atoms with Crippen LogP contribution in [0.25, 0.3) is 0 Å². The molecule has 1 heterocycles. The van der Waals surface area contributed by atoms with Crippen LogP contribution in [0.2, 0.25) is 0 Å². The van der Waals surface area contributed by atoms with Crippen molar-refractivity contribution < 1.29 is 0 Å². The molecule has 1 rings (SSSR count). The van der Waals surface area contributed by atoms with Crippen molar-refractivity contribution in [2.24, 2.45) is 5.92 Å². The first-order chi connectivity index (χ1) is 8.09. The highest BCUT2D eigenvalue weighted by molar-refractivity contribution is 5.08. The average Bonchev–Trinajstić information content (AvgIpc) is 2.28. The smallest absolute Gasteiger partial charge is 0.0271 e. The third-order valence-electron chi connectivity index (χ3n) is 2.93. The van der Waals surface area contributed by atoms with E-state index in [1.807, 2.05) is 12.4 Å². The minimum Gasteiger partial charge on any atom is -0.311 e. The van der Waals surface area contributed by atoms with Crippen molar-refractivity contribution in [1.82, 2.24) is 15.2 Å². The fraction of sp³-hybridized carbons (Fsp3) is 0.643. The summed E-state index contributed by atoms with van der Waals surface area (Å²) in [5.41, 5.74) is 1.29. The fourth-order valence-electron chi connectivity index (χ4n) is 1.90. The largest absolute Gasteiger partial charge is 0.311 e. The van der Waals surface area contributed by atoms with E-state index in [1.165, 1.54) is 12.0 Å². The van der Waals surface area contributed by atoms with Crippen LogP contribution in [0.1, 0.15) is 25.8 Å². The maximum absolute atomic E-state index is 4.02. The van der Waals surface area contributed by atoms with Gasteiger partial charge in [0.15, 0.2) is 0 Å². The van der Waals surface area contributed by atoms with Gasteiger partial charge in [-0.2, -0.15) is 0 Å². The molecule has 0 spiro atoms. The maximum Gasteiger partial charge on any atom is 0.0271 e. The van der Waals surface area contributed by atoms with Crippen molar-refractivity contribution >= 4 is 0 Å². The number of nitrogens with zero attached hydrogens (tertiary/aromatic N) is 2. The summed E-state index contributed by atoms with van der Waals surface area (Å²) in [6.45, 7) is 6.51. The molecule has 1 aromatic rings. The van der Waals surface area contributed by atoms with Crippen molar-refractivity contribution in [2.75, 3.05) is 20.6 Å². The highest BCUT2D eigenvalue weighted by atomic mass is 15.1. The van der Waals surface area contributed by atoms with Crippen molar-refractivity contribution in [2.45, 2.75) is 32.9 Å². The Morgan fingerprint density at radius 3 is 2.41 bits per heavy atom. The quantitative estimate of drug-likeness (QED) is 0.785. The predicted octanol–water partition coefficient (Wildman–Crippen LogP) is 2.15. The number of likely N-dealkylation sites (N-methyl/N-ethyl adjacent to an activating group) is 1. The molecule has 0 radical (unpaired) electrons. The number of hydrogen-bond donors (Lipinski definition) is 1. The molecular formula is C14H25N3. The summed E-state index contributed by atoms with van der Waals surface area (Å²) in [5, 5.41) is 3.52. The van der Waals surface area contributed by atoms with Crippen LogP contribution < -0.4 is 5.32 Å². The monoisotopic (exact) mass is 235 g/mol. The van der Waals surface area contributed by atoms with Crippen molar-refractivity contribution in [3.63, 3.8) is 0 Å². The summed E-state index contributed by atoms with van der Waals surface area (Å²) in [6.07, 6.45) is 4.92. The zero-order valence-electron chi connectivity index (χ0n) is 11.5. The standard InChI is InChI=1S/C14H25N3/c1-12(2)9-14(17(3)4)11-16-10-13-5-7-15-8-6-13/h5-8,12,14,16H,9-11H2,1-4H3. The second-order valence-corrected chi connectivity index (χ2v) is 5.23. The van der Waals surface area contributed by atoms with E-state index in [-0.39, 0.29) is 0 Å². The zero-order chi connectivity index (χ0) is 12.7. The number of nitrogens with one attached hydrogen (secondary N) is 1. The Kier molecular flexibility index (Phi) is 6.16. The van der Waals surface area contributed by atoms with Gasteiger partial charge in [-0.3, -0.25) is 4.98 Å². The lowest BCUT2D eigenvalue weighted by atomic mass is 10.0. The maximum atomic E-state index is 4.02. The number of pyridine rings is 1. The molecule has 17 heavy (non-hydrogen) atoms. The summed E-state index contributed by atoms with van der Waals surface area (Å²) in [6, 6.07) is 4.72. The van der Waals surface area contributed by atoms with E-state index >= 15 is 0 Å². The van der Waals surface area contributed by atoms with E-state index < -0.39 is 0 Å². The van der Waals surface area contributed by atoms with Gasteiger partial charge in [0.1, 0.15) is 0 Å². The Morgan fingerprint density at radius 1 is 1.24 bits per heavy atom. The summed E-state index contributed by atoms with van der Waals surface area (Å²) < 4.78 is 0. The first-order valence-corrected chi connectivity index (χ1v) is 6.35. The van der Waals surface area contributed by atoms with Crippen LogP contribution in [0, 0.1) is 5.92 Å². The Bertz CT molecular complexity index is 296. The SMILES string of the molecule is CC(C)CC(CNCc1ccncc1)N(C)C. The highest BCUT2D eigenvalue weighted by Crippen LogP contribution is 2.08. The van der Waals surface area contributed by atoms with Gasteiger partial charge in [-0.1, -0.05) is 13.8 Å². The second-order valence-electron chi connectivity index (χ2n) is 5.23. The van der Waals surface area contributed by atoms with Crippen LogP contribution in [0.3, 0.4) is 0 Å². The van der Waals surface area contributed by atoms with Gasteiger partial charge in [0.2, 0.25) is 0 Å². The van der Waals surface area contributed by atoms with E-state index in [1.54, 1.807) is 0 Å². The molecule has 1 unspecified atom stereocenters. The molecule has 0 aromatic carbocycles. The Hall–Kier alpha value is -0.930. The summed E-state index contributed by atoms with van der Waals surface area (Å²) in [7, 11) is 4.31. The van der Waals surface area contributed by atoms with Crippen LogP contribution in [0.15, 0.2) is 24.5 Å². The van der Waals surface area contributed by atoms with Gasteiger partial charge in [0.25, 0.3) is 0 Å². The normalized spacial score (nSPS) is 13.3. The van der Waals surface area contributed by atoms with Crippen LogP contribution in [-0.2, 0) is 6.54 Å². The third kappa shape index (κ3) is 5.80. The molecule has 1 aromatic heterocycles. The van der Waals surface area contributed by atoms with Crippen molar-refractivity contribution in [3.8, 4) is 0 Å². The molecule has 1 N–H and O–H groups in total. The molecular weight excluding hydrogens is 210 g/mol. The zero-order valence-corrected chi connectivity index (χ0v) is 11.5. The highest BCUT2D eigenvalue weighted by Gasteiger charge is 2.12. The predicted molar refractivity (Wildman–Crippen MR) is 72.9 cm³/mol. The van der Waals surface area contributed by atoms with Crippen molar-refractivity contribution in [1.29, 1.82) is 0 Å². The first-order valence-electron chi connectivity index (χ1n) is 6.35. The van der Waals surface area contributed by atoms with Crippen LogP contribution in [0.4, 0.5) is 0 Å². The third-order valence-corrected chi connectivity index (χ3v) is 2.93. The van der Waals surface area contributed by atoms with E-state index in [0.29, 0.717) is 6.04 Å². The minimum absolute atomic E-state index is 0.608. The molecule has 0 fully saturated rings. The Balaban J connectivity index is 2.32. The minimum atomic E-state index is 0.608. The first kappa shape index (κ1) is 14.1. The summed E-state index contributed by atoms with van der Waals surface area (Å²) in [5.74, 6) is 0.741. The van der Waals surface area contributed by atoms with Gasteiger partial charge in [0, 0.05) is 31.5 Å². The number of hydrogen-bond acceptors (Lipinski definition) is 3. The molecule has 3 nitrogen and oxygen atoms in total. The lowest BCUT2D eigenvalue weighted by molar-refractivity contribution is 0.246. The topological polar surface area (TPSA) is 28.2 Å². The van der Waals surface area contributed by atoms with Gasteiger partial charge in [-0.25, -0.2) is 0 Å². The van der Waals surface area contributed by atoms with Gasteiger partial charge < -0.3 is 10.2 Å². The van der Waals surface area contributed by atoms with E-state index in [0.717, 1.165) is 19.0 Å². The van der Waals surface area contributed by atoms with E-state index in [2.05, 4.69) is 55.3 Å². The van der Waals surface area contributed by atoms with Gasteiger partial charge in [-0.05, 0) is 44.1 Å². The Labute approximate surface area is 105 Å². The Morgan fingerprint density at radius 2 is 1.88 bits per heavy atom. The molecule has 96 valence electrons. The van der Waals surface area contributed by atoms with Crippen LogP contribution >= 0.6 is 0 Å². The van der Waals surface area contributed by atoms with E-state index in [9.17, 15) is 0 Å². The molecule has 0 amide bonds. The van der Waals surface area contributed by atoms with Crippen LogP contribution in [0.5, 0.6) is 0 Å². The lowest BCUT2D eigenvalue weighted by Gasteiger charge is -2.26.